The zero-order valence-electron chi connectivity index (χ0n) is 13.8. The fraction of sp³-hybridized carbons (Fsp3) is 0.368. The number of aryl methyl sites for hydroxylation is 1. The molecule has 3 aromatic heterocycles. The van der Waals surface area contributed by atoms with Gasteiger partial charge in [0.25, 0.3) is 0 Å². The maximum Gasteiger partial charge on any atom is 0.0673 e. The van der Waals surface area contributed by atoms with Gasteiger partial charge in [-0.2, -0.15) is 0 Å². The summed E-state index contributed by atoms with van der Waals surface area (Å²) in [5, 5.41) is 1.25. The van der Waals surface area contributed by atoms with E-state index in [4.69, 9.17) is 4.74 Å². The number of hydrogen-bond acceptors (Lipinski definition) is 4. The molecule has 3 aromatic rings. The summed E-state index contributed by atoms with van der Waals surface area (Å²) >= 11 is 0. The first-order valence-electron chi connectivity index (χ1n) is 8.55. The van der Waals surface area contributed by atoms with Crippen molar-refractivity contribution in [3.05, 3.63) is 49.2 Å². The maximum absolute atomic E-state index is 5.41. The van der Waals surface area contributed by atoms with Crippen LogP contribution in [0.25, 0.3) is 22.0 Å². The number of ether oxygens (including phenoxy) is 1. The molecule has 124 valence electrons. The average molecular weight is 322 g/mol. The lowest BCUT2D eigenvalue weighted by Crippen LogP contribution is -2.37. The van der Waals surface area contributed by atoms with Crippen molar-refractivity contribution in [1.82, 2.24) is 19.4 Å². The summed E-state index contributed by atoms with van der Waals surface area (Å²) in [5.41, 5.74) is 3.65. The molecule has 0 aromatic carbocycles. The van der Waals surface area contributed by atoms with Gasteiger partial charge in [0.2, 0.25) is 0 Å². The van der Waals surface area contributed by atoms with Gasteiger partial charge in [-0.1, -0.05) is 0 Å². The Morgan fingerprint density at radius 3 is 2.58 bits per heavy atom. The van der Waals surface area contributed by atoms with Crippen molar-refractivity contribution in [2.75, 3.05) is 32.8 Å². The van der Waals surface area contributed by atoms with Crippen molar-refractivity contribution in [3.63, 3.8) is 0 Å². The van der Waals surface area contributed by atoms with Crippen LogP contribution in [0.4, 0.5) is 0 Å². The first kappa shape index (κ1) is 15.3. The number of morpholine rings is 1. The Morgan fingerprint density at radius 1 is 0.958 bits per heavy atom. The molecule has 0 aliphatic carbocycles. The van der Waals surface area contributed by atoms with Crippen LogP contribution in [0.3, 0.4) is 0 Å². The van der Waals surface area contributed by atoms with E-state index < -0.39 is 0 Å². The molecule has 24 heavy (non-hydrogen) atoms. The molecule has 0 N–H and O–H groups in total. The standard InChI is InChI=1S/C19H22N4O/c1(8-22-10-12-24-13-11-22)9-23-15-18(16-2-5-20-6-3-16)17-4-7-21-14-19(17)23/h2-7,14-15H,1,8-13H2. The van der Waals surface area contributed by atoms with E-state index in [1.807, 2.05) is 24.8 Å². The summed E-state index contributed by atoms with van der Waals surface area (Å²) in [5.74, 6) is 0. The zero-order chi connectivity index (χ0) is 16.2. The van der Waals surface area contributed by atoms with Crippen molar-refractivity contribution in [2.24, 2.45) is 0 Å². The van der Waals surface area contributed by atoms with E-state index >= 15 is 0 Å². The second kappa shape index (κ2) is 7.11. The van der Waals surface area contributed by atoms with Crippen LogP contribution in [0.5, 0.6) is 0 Å². The van der Waals surface area contributed by atoms with Crippen LogP contribution in [0.2, 0.25) is 0 Å². The first-order valence-corrected chi connectivity index (χ1v) is 8.55. The van der Waals surface area contributed by atoms with Gasteiger partial charge in [0.15, 0.2) is 0 Å². The van der Waals surface area contributed by atoms with Gasteiger partial charge >= 0.3 is 0 Å². The van der Waals surface area contributed by atoms with Crippen LogP contribution in [0.1, 0.15) is 6.42 Å². The van der Waals surface area contributed by atoms with E-state index in [9.17, 15) is 0 Å². The van der Waals surface area contributed by atoms with Crippen LogP contribution >= 0.6 is 0 Å². The quantitative estimate of drug-likeness (QED) is 0.724. The Kier molecular flexibility index (Phi) is 4.53. The monoisotopic (exact) mass is 322 g/mol. The summed E-state index contributed by atoms with van der Waals surface area (Å²) in [6, 6.07) is 6.23. The van der Waals surface area contributed by atoms with Gasteiger partial charge in [0.05, 0.1) is 24.9 Å². The first-order chi connectivity index (χ1) is 11.9. The Labute approximate surface area is 141 Å². The third kappa shape index (κ3) is 3.18. The molecule has 4 rings (SSSR count). The van der Waals surface area contributed by atoms with E-state index in [1.54, 1.807) is 0 Å². The molecule has 0 amide bonds. The highest BCUT2D eigenvalue weighted by atomic mass is 16.5. The number of fused-ring (bicyclic) bond motifs is 1. The van der Waals surface area contributed by atoms with Gasteiger partial charge in [-0.3, -0.25) is 14.9 Å². The van der Waals surface area contributed by atoms with Gasteiger partial charge in [-0.15, -0.1) is 0 Å². The number of pyridine rings is 2. The number of aromatic nitrogens is 3. The average Bonchev–Trinajstić information content (AvgIpc) is 3.02. The van der Waals surface area contributed by atoms with Gasteiger partial charge in [0.1, 0.15) is 0 Å². The highest BCUT2D eigenvalue weighted by Crippen LogP contribution is 2.29. The normalized spacial score (nSPS) is 15.8. The minimum absolute atomic E-state index is 0.864. The Morgan fingerprint density at radius 2 is 1.75 bits per heavy atom. The molecule has 5 heteroatoms. The Bertz CT molecular complexity index is 793. The summed E-state index contributed by atoms with van der Waals surface area (Å²) in [6.45, 7) is 5.95. The minimum atomic E-state index is 0.864. The van der Waals surface area contributed by atoms with Gasteiger partial charge in [-0.05, 0) is 30.2 Å². The van der Waals surface area contributed by atoms with Crippen molar-refractivity contribution in [3.8, 4) is 11.1 Å². The molecule has 0 saturated carbocycles. The lowest BCUT2D eigenvalue weighted by atomic mass is 10.1. The topological polar surface area (TPSA) is 43.2 Å². The second-order valence-corrected chi connectivity index (χ2v) is 6.17. The molecule has 1 aliphatic heterocycles. The molecule has 5 nitrogen and oxygen atoms in total. The molecule has 4 heterocycles. The highest BCUT2D eigenvalue weighted by Gasteiger charge is 2.12. The molecule has 0 spiro atoms. The van der Waals surface area contributed by atoms with E-state index in [0.29, 0.717) is 0 Å². The number of rotatable bonds is 5. The molecule has 1 fully saturated rings. The molecule has 0 radical (unpaired) electrons. The maximum atomic E-state index is 5.41. The second-order valence-electron chi connectivity index (χ2n) is 6.17. The predicted octanol–water partition coefficient (Wildman–Crippen LogP) is 2.82. The van der Waals surface area contributed by atoms with Gasteiger partial charge < -0.3 is 9.30 Å². The van der Waals surface area contributed by atoms with Gasteiger partial charge in [0, 0.05) is 61.9 Å². The number of nitrogens with zero attached hydrogens (tertiary/aromatic N) is 4. The van der Waals surface area contributed by atoms with Crippen LogP contribution in [0, 0.1) is 0 Å². The lowest BCUT2D eigenvalue weighted by Gasteiger charge is -2.26. The van der Waals surface area contributed by atoms with E-state index in [2.05, 4.69) is 43.8 Å². The molecule has 1 saturated heterocycles. The zero-order valence-corrected chi connectivity index (χ0v) is 13.8. The van der Waals surface area contributed by atoms with Crippen LogP contribution in [-0.2, 0) is 11.3 Å². The predicted molar refractivity (Wildman–Crippen MR) is 94.8 cm³/mol. The Balaban J connectivity index is 1.54. The van der Waals surface area contributed by atoms with E-state index in [-0.39, 0.29) is 0 Å². The van der Waals surface area contributed by atoms with Crippen molar-refractivity contribution >= 4 is 10.9 Å². The summed E-state index contributed by atoms with van der Waals surface area (Å²) in [6.07, 6.45) is 10.9. The minimum Gasteiger partial charge on any atom is -0.379 e. The summed E-state index contributed by atoms with van der Waals surface area (Å²) in [7, 11) is 0. The largest absolute Gasteiger partial charge is 0.379 e. The SMILES string of the molecule is c1cc(-c2cn(CCCN3CCOCC3)c3cnccc23)ccn1. The number of hydrogen-bond donors (Lipinski definition) is 0. The summed E-state index contributed by atoms with van der Waals surface area (Å²) < 4.78 is 7.75. The molecule has 0 bridgehead atoms. The third-order valence-corrected chi connectivity index (χ3v) is 4.65. The van der Waals surface area contributed by atoms with Crippen LogP contribution < -0.4 is 0 Å². The van der Waals surface area contributed by atoms with Crippen molar-refractivity contribution in [1.29, 1.82) is 0 Å². The van der Waals surface area contributed by atoms with Gasteiger partial charge in [-0.25, -0.2) is 0 Å². The Hall–Kier alpha value is -2.24. The van der Waals surface area contributed by atoms with Crippen molar-refractivity contribution in [2.45, 2.75) is 13.0 Å². The lowest BCUT2D eigenvalue weighted by molar-refractivity contribution is 0.0370. The summed E-state index contributed by atoms with van der Waals surface area (Å²) in [4.78, 5) is 10.9. The fourth-order valence-electron chi connectivity index (χ4n) is 3.37. The third-order valence-electron chi connectivity index (χ3n) is 4.65. The van der Waals surface area contributed by atoms with E-state index in [1.165, 1.54) is 22.0 Å². The van der Waals surface area contributed by atoms with Crippen LogP contribution in [-0.4, -0.2) is 52.3 Å². The molecule has 1 aliphatic rings. The fourth-order valence-corrected chi connectivity index (χ4v) is 3.37. The molecular weight excluding hydrogens is 300 g/mol. The smallest absolute Gasteiger partial charge is 0.0673 e. The van der Waals surface area contributed by atoms with Crippen LogP contribution in [0.15, 0.2) is 49.2 Å². The van der Waals surface area contributed by atoms with E-state index in [0.717, 1.165) is 45.8 Å². The molecular formula is C19H22N4O. The molecule has 0 atom stereocenters. The highest BCUT2D eigenvalue weighted by molar-refractivity contribution is 5.95. The van der Waals surface area contributed by atoms with Crippen molar-refractivity contribution < 1.29 is 4.74 Å². The molecule has 0 unspecified atom stereocenters.